The van der Waals surface area contributed by atoms with E-state index in [9.17, 15) is 0 Å². The average Bonchev–Trinajstić information content (AvgIpc) is 2.27. The fourth-order valence-corrected chi connectivity index (χ4v) is 2.58. The molecule has 0 aliphatic heterocycles. The molecular formula is C16H33NO. The first-order valence-electron chi connectivity index (χ1n) is 7.75. The van der Waals surface area contributed by atoms with Crippen LogP contribution in [0.25, 0.3) is 0 Å². The van der Waals surface area contributed by atoms with Gasteiger partial charge >= 0.3 is 0 Å². The van der Waals surface area contributed by atoms with Crippen molar-refractivity contribution in [1.82, 2.24) is 5.32 Å². The minimum Gasteiger partial charge on any atom is -0.374 e. The standard InChI is InChI=1S/C16H33NO/c1-13(2)8-11-17-12-14(3)18-15-6-9-16(4,5)10-7-15/h13-15,17H,6-12H2,1-5H3. The van der Waals surface area contributed by atoms with Gasteiger partial charge in [0.2, 0.25) is 0 Å². The second-order valence-corrected chi connectivity index (χ2v) is 7.20. The molecule has 1 N–H and O–H groups in total. The zero-order valence-corrected chi connectivity index (χ0v) is 13.1. The van der Waals surface area contributed by atoms with E-state index in [1.165, 1.54) is 32.1 Å². The quantitative estimate of drug-likeness (QED) is 0.694. The van der Waals surface area contributed by atoms with Gasteiger partial charge in [-0.25, -0.2) is 0 Å². The van der Waals surface area contributed by atoms with Gasteiger partial charge in [0.25, 0.3) is 0 Å². The SMILES string of the molecule is CC(C)CCNCC(C)OC1CCC(C)(C)CC1. The molecule has 0 heterocycles. The Morgan fingerprint density at radius 1 is 1.17 bits per heavy atom. The summed E-state index contributed by atoms with van der Waals surface area (Å²) in [7, 11) is 0. The lowest BCUT2D eigenvalue weighted by molar-refractivity contribution is -0.0364. The first-order chi connectivity index (χ1) is 8.39. The third-order valence-corrected chi connectivity index (χ3v) is 4.04. The van der Waals surface area contributed by atoms with Crippen LogP contribution >= 0.6 is 0 Å². The third-order valence-electron chi connectivity index (χ3n) is 4.04. The molecule has 1 atom stereocenters. The molecule has 2 heteroatoms. The fourth-order valence-electron chi connectivity index (χ4n) is 2.58. The molecule has 1 aliphatic carbocycles. The molecule has 0 spiro atoms. The molecule has 1 fully saturated rings. The van der Waals surface area contributed by atoms with Gasteiger partial charge in [0.1, 0.15) is 0 Å². The maximum atomic E-state index is 6.13. The van der Waals surface area contributed by atoms with E-state index >= 15 is 0 Å². The van der Waals surface area contributed by atoms with Gasteiger partial charge in [-0.1, -0.05) is 27.7 Å². The lowest BCUT2D eigenvalue weighted by Gasteiger charge is -2.35. The van der Waals surface area contributed by atoms with Crippen molar-refractivity contribution in [3.8, 4) is 0 Å². The molecule has 18 heavy (non-hydrogen) atoms. The Hall–Kier alpha value is -0.0800. The van der Waals surface area contributed by atoms with Crippen LogP contribution in [0.1, 0.15) is 66.7 Å². The van der Waals surface area contributed by atoms with Gasteiger partial charge in [-0.15, -0.1) is 0 Å². The first kappa shape index (κ1) is 16.0. The minimum absolute atomic E-state index is 0.350. The molecule has 0 radical (unpaired) electrons. The van der Waals surface area contributed by atoms with Gasteiger partial charge in [0.15, 0.2) is 0 Å². The monoisotopic (exact) mass is 255 g/mol. The minimum atomic E-state index is 0.350. The molecule has 0 saturated heterocycles. The zero-order chi connectivity index (χ0) is 13.6. The lowest BCUT2D eigenvalue weighted by atomic mass is 9.76. The van der Waals surface area contributed by atoms with E-state index in [1.807, 2.05) is 0 Å². The van der Waals surface area contributed by atoms with E-state index in [0.717, 1.165) is 19.0 Å². The number of rotatable bonds is 7. The highest BCUT2D eigenvalue weighted by atomic mass is 16.5. The summed E-state index contributed by atoms with van der Waals surface area (Å²) >= 11 is 0. The first-order valence-corrected chi connectivity index (χ1v) is 7.75. The van der Waals surface area contributed by atoms with Crippen LogP contribution in [0.5, 0.6) is 0 Å². The van der Waals surface area contributed by atoms with Gasteiger partial charge in [-0.2, -0.15) is 0 Å². The van der Waals surface area contributed by atoms with E-state index < -0.39 is 0 Å². The summed E-state index contributed by atoms with van der Waals surface area (Å²) in [5.41, 5.74) is 0.540. The smallest absolute Gasteiger partial charge is 0.0675 e. The van der Waals surface area contributed by atoms with E-state index in [-0.39, 0.29) is 0 Å². The Kier molecular flexibility index (Phi) is 6.65. The topological polar surface area (TPSA) is 21.3 Å². The van der Waals surface area contributed by atoms with Crippen molar-refractivity contribution >= 4 is 0 Å². The molecule has 1 rings (SSSR count). The van der Waals surface area contributed by atoms with Crippen LogP contribution in [0.15, 0.2) is 0 Å². The highest BCUT2D eigenvalue weighted by Gasteiger charge is 2.27. The predicted octanol–water partition coefficient (Wildman–Crippen LogP) is 4.00. The molecule has 0 amide bonds. The Morgan fingerprint density at radius 2 is 1.78 bits per heavy atom. The summed E-state index contributed by atoms with van der Waals surface area (Å²) in [6, 6.07) is 0. The summed E-state index contributed by atoms with van der Waals surface area (Å²) in [4.78, 5) is 0. The maximum absolute atomic E-state index is 6.13. The third kappa shape index (κ3) is 6.75. The molecule has 108 valence electrons. The maximum Gasteiger partial charge on any atom is 0.0675 e. The van der Waals surface area contributed by atoms with Crippen molar-refractivity contribution in [3.63, 3.8) is 0 Å². The van der Waals surface area contributed by atoms with E-state index in [0.29, 0.717) is 17.6 Å². The zero-order valence-electron chi connectivity index (χ0n) is 13.1. The van der Waals surface area contributed by atoms with Crippen molar-refractivity contribution in [2.75, 3.05) is 13.1 Å². The highest BCUT2D eigenvalue weighted by molar-refractivity contribution is 4.79. The van der Waals surface area contributed by atoms with Crippen molar-refractivity contribution in [3.05, 3.63) is 0 Å². The summed E-state index contributed by atoms with van der Waals surface area (Å²) in [6.45, 7) is 13.6. The summed E-state index contributed by atoms with van der Waals surface area (Å²) in [5.74, 6) is 0.786. The molecule has 0 aromatic heterocycles. The molecule has 0 bridgehead atoms. The molecule has 0 aromatic carbocycles. The Bertz CT molecular complexity index is 215. The Morgan fingerprint density at radius 3 is 2.33 bits per heavy atom. The number of nitrogens with one attached hydrogen (secondary N) is 1. The van der Waals surface area contributed by atoms with E-state index in [1.54, 1.807) is 0 Å². The highest BCUT2D eigenvalue weighted by Crippen LogP contribution is 2.36. The van der Waals surface area contributed by atoms with Gasteiger partial charge in [0, 0.05) is 6.54 Å². The summed E-state index contributed by atoms with van der Waals surface area (Å²) < 4.78 is 6.13. The molecule has 1 aliphatic rings. The summed E-state index contributed by atoms with van der Waals surface area (Å²) in [5, 5.41) is 3.50. The molecule has 0 aromatic rings. The van der Waals surface area contributed by atoms with Crippen molar-refractivity contribution < 1.29 is 4.74 Å². The van der Waals surface area contributed by atoms with Gasteiger partial charge in [-0.3, -0.25) is 0 Å². The van der Waals surface area contributed by atoms with Gasteiger partial charge < -0.3 is 10.1 Å². The van der Waals surface area contributed by atoms with Crippen molar-refractivity contribution in [1.29, 1.82) is 0 Å². The predicted molar refractivity (Wildman–Crippen MR) is 78.9 cm³/mol. The van der Waals surface area contributed by atoms with Crippen LogP contribution in [0.2, 0.25) is 0 Å². The van der Waals surface area contributed by atoms with Crippen LogP contribution in [0, 0.1) is 11.3 Å². The Labute approximate surface area is 114 Å². The largest absolute Gasteiger partial charge is 0.374 e. The van der Waals surface area contributed by atoms with Crippen LogP contribution < -0.4 is 5.32 Å². The van der Waals surface area contributed by atoms with Gasteiger partial charge in [0.05, 0.1) is 12.2 Å². The van der Waals surface area contributed by atoms with Crippen molar-refractivity contribution in [2.24, 2.45) is 11.3 Å². The van der Waals surface area contributed by atoms with Crippen LogP contribution in [0.4, 0.5) is 0 Å². The Balaban J connectivity index is 2.08. The van der Waals surface area contributed by atoms with Crippen LogP contribution in [0.3, 0.4) is 0 Å². The second-order valence-electron chi connectivity index (χ2n) is 7.20. The number of hydrogen-bond donors (Lipinski definition) is 1. The van der Waals surface area contributed by atoms with Crippen LogP contribution in [-0.4, -0.2) is 25.3 Å². The molecule has 2 nitrogen and oxygen atoms in total. The van der Waals surface area contributed by atoms with E-state index in [2.05, 4.69) is 39.9 Å². The normalized spacial score (nSPS) is 22.3. The molecular weight excluding hydrogens is 222 g/mol. The van der Waals surface area contributed by atoms with Gasteiger partial charge in [-0.05, 0) is 56.9 Å². The second kappa shape index (κ2) is 7.49. The molecule has 1 unspecified atom stereocenters. The van der Waals surface area contributed by atoms with Crippen molar-refractivity contribution in [2.45, 2.75) is 78.9 Å². The molecule has 1 saturated carbocycles. The van der Waals surface area contributed by atoms with Crippen LogP contribution in [-0.2, 0) is 4.74 Å². The average molecular weight is 255 g/mol. The fraction of sp³-hybridized carbons (Fsp3) is 1.00. The summed E-state index contributed by atoms with van der Waals surface area (Å²) in [6.07, 6.45) is 7.20. The van der Waals surface area contributed by atoms with E-state index in [4.69, 9.17) is 4.74 Å². The number of hydrogen-bond acceptors (Lipinski definition) is 2. The number of ether oxygens (including phenoxy) is 1. The lowest BCUT2D eigenvalue weighted by Crippen LogP contribution is -2.34.